The molecule has 0 aliphatic rings. The predicted molar refractivity (Wildman–Crippen MR) is 130 cm³/mol. The van der Waals surface area contributed by atoms with Crippen LogP contribution in [-0.2, 0) is 10.1 Å². The van der Waals surface area contributed by atoms with Crippen molar-refractivity contribution in [3.63, 3.8) is 0 Å². The zero-order chi connectivity index (χ0) is 25.4. The molecule has 1 aromatic carbocycles. The van der Waals surface area contributed by atoms with Crippen LogP contribution in [0.5, 0.6) is 17.2 Å². The summed E-state index contributed by atoms with van der Waals surface area (Å²) in [7, 11) is -2.04. The fraction of sp³-hybridized carbons (Fsp3) is 0.760. The van der Waals surface area contributed by atoms with Crippen molar-refractivity contribution in [3.8, 4) is 17.2 Å². The lowest BCUT2D eigenvalue weighted by molar-refractivity contribution is 0.0750. The lowest BCUT2D eigenvalue weighted by Gasteiger charge is -2.49. The summed E-state index contributed by atoms with van der Waals surface area (Å²) in [5.41, 5.74) is -0.0260. The molecule has 0 saturated carbocycles. The molecular weight excluding hydrogens is 428 g/mol. The van der Waals surface area contributed by atoms with Crippen molar-refractivity contribution in [2.24, 2.45) is 22.2 Å². The number of ether oxygens (including phenoxy) is 2. The fourth-order valence-electron chi connectivity index (χ4n) is 6.24. The Kier molecular flexibility index (Phi) is 8.40. The quantitative estimate of drug-likeness (QED) is 0.394. The number of hydrogen-bond donors (Lipinski definition) is 2. The average molecular weight is 473 g/mol. The molecule has 186 valence electrons. The number of hydrogen-bond acceptors (Lipinski definition) is 5. The molecule has 32 heavy (non-hydrogen) atoms. The molecule has 1 aromatic rings. The molecule has 0 fully saturated rings. The third-order valence-electron chi connectivity index (χ3n) is 6.05. The molecule has 1 atom stereocenters. The zero-order valence-electron chi connectivity index (χ0n) is 22.0. The van der Waals surface area contributed by atoms with Gasteiger partial charge in [0, 0.05) is 17.0 Å². The van der Waals surface area contributed by atoms with Gasteiger partial charge in [-0.25, -0.2) is 0 Å². The maximum Gasteiger partial charge on any atom is 0.301 e. The highest BCUT2D eigenvalue weighted by molar-refractivity contribution is 7.86. The summed E-state index contributed by atoms with van der Waals surface area (Å²) in [5.74, 6) is -0.131. The van der Waals surface area contributed by atoms with Gasteiger partial charge >= 0.3 is 10.1 Å². The first kappa shape index (κ1) is 28.6. The van der Waals surface area contributed by atoms with Gasteiger partial charge in [0.15, 0.2) is 10.6 Å². The topological polar surface area (TPSA) is 93.1 Å². The Balaban J connectivity index is 4.22. The largest absolute Gasteiger partial charge is 0.507 e. The minimum atomic E-state index is -4.69. The third kappa shape index (κ3) is 6.10. The Morgan fingerprint density at radius 1 is 0.906 bits per heavy atom. The average Bonchev–Trinajstić information content (AvgIpc) is 2.53. The number of aromatic hydroxyl groups is 1. The van der Waals surface area contributed by atoms with E-state index in [1.807, 2.05) is 0 Å². The monoisotopic (exact) mass is 472 g/mol. The van der Waals surface area contributed by atoms with E-state index in [0.717, 1.165) is 12.8 Å². The van der Waals surface area contributed by atoms with Crippen LogP contribution in [0, 0.1) is 29.1 Å². The van der Waals surface area contributed by atoms with Crippen molar-refractivity contribution in [3.05, 3.63) is 11.1 Å². The van der Waals surface area contributed by atoms with Crippen molar-refractivity contribution in [2.75, 3.05) is 14.2 Å². The Hall–Kier alpha value is -1.47. The maximum absolute atomic E-state index is 12.5. The van der Waals surface area contributed by atoms with Gasteiger partial charge in [0.25, 0.3) is 0 Å². The Labute approximate surface area is 195 Å². The lowest BCUT2D eigenvalue weighted by Crippen LogP contribution is -2.38. The van der Waals surface area contributed by atoms with Gasteiger partial charge in [0.05, 0.1) is 14.2 Å². The number of phenols is 1. The fourth-order valence-corrected chi connectivity index (χ4v) is 7.14. The summed E-state index contributed by atoms with van der Waals surface area (Å²) in [4.78, 5) is -0.440. The van der Waals surface area contributed by atoms with Crippen LogP contribution in [0.15, 0.2) is 4.90 Å². The van der Waals surface area contributed by atoms with Gasteiger partial charge in [-0.15, -0.1) is 0 Å². The second-order valence-electron chi connectivity index (χ2n) is 12.0. The zero-order valence-corrected chi connectivity index (χ0v) is 22.8. The molecule has 0 aromatic heterocycles. The lowest BCUT2D eigenvalue weighted by atomic mass is 9.56. The van der Waals surface area contributed by atoms with Crippen LogP contribution in [0.25, 0.3) is 0 Å². The van der Waals surface area contributed by atoms with Crippen LogP contribution < -0.4 is 9.47 Å². The molecule has 0 aliphatic carbocycles. The van der Waals surface area contributed by atoms with E-state index in [0.29, 0.717) is 11.5 Å². The summed E-state index contributed by atoms with van der Waals surface area (Å²) in [6.45, 7) is 21.0. The van der Waals surface area contributed by atoms with Crippen molar-refractivity contribution in [1.29, 1.82) is 0 Å². The molecule has 0 bridgehead atoms. The van der Waals surface area contributed by atoms with Crippen LogP contribution >= 0.6 is 0 Å². The minimum Gasteiger partial charge on any atom is -0.507 e. The van der Waals surface area contributed by atoms with Crippen LogP contribution in [-0.4, -0.2) is 32.3 Å². The molecule has 0 saturated heterocycles. The first-order valence-corrected chi connectivity index (χ1v) is 12.6. The molecular formula is C25H44O6S. The summed E-state index contributed by atoms with van der Waals surface area (Å²) >= 11 is 0. The Bertz CT molecular complexity index is 921. The van der Waals surface area contributed by atoms with Gasteiger partial charge < -0.3 is 14.6 Å². The van der Waals surface area contributed by atoms with Crippen LogP contribution in [0.1, 0.15) is 92.2 Å². The number of rotatable bonds is 9. The van der Waals surface area contributed by atoms with Gasteiger partial charge in [-0.2, -0.15) is 8.42 Å². The maximum atomic E-state index is 12.5. The summed E-state index contributed by atoms with van der Waals surface area (Å²) in [6.07, 6.45) is 1.67. The number of phenolic OH excluding ortho intramolecular Hbond substituents is 1. The minimum absolute atomic E-state index is 0.00802. The summed E-state index contributed by atoms with van der Waals surface area (Å²) in [6, 6.07) is 0. The molecule has 1 unspecified atom stereocenters. The molecule has 7 heteroatoms. The third-order valence-corrected chi connectivity index (χ3v) is 6.93. The van der Waals surface area contributed by atoms with E-state index >= 15 is 0 Å². The van der Waals surface area contributed by atoms with Crippen LogP contribution in [0.4, 0.5) is 0 Å². The van der Waals surface area contributed by atoms with E-state index < -0.39 is 15.0 Å². The first-order chi connectivity index (χ1) is 14.2. The Morgan fingerprint density at radius 2 is 1.38 bits per heavy atom. The highest BCUT2D eigenvalue weighted by atomic mass is 32.2. The van der Waals surface area contributed by atoms with Gasteiger partial charge in [0.2, 0.25) is 0 Å². The second-order valence-corrected chi connectivity index (χ2v) is 13.4. The molecule has 0 spiro atoms. The van der Waals surface area contributed by atoms with Gasteiger partial charge in [-0.1, -0.05) is 62.3 Å². The molecule has 6 nitrogen and oxygen atoms in total. The van der Waals surface area contributed by atoms with E-state index in [4.69, 9.17) is 9.47 Å². The van der Waals surface area contributed by atoms with E-state index in [9.17, 15) is 18.1 Å². The predicted octanol–water partition coefficient (Wildman–Crippen LogP) is 6.58. The molecule has 2 N–H and O–H groups in total. The number of benzene rings is 1. The molecule has 0 amide bonds. The van der Waals surface area contributed by atoms with E-state index in [1.165, 1.54) is 14.2 Å². The highest BCUT2D eigenvalue weighted by Gasteiger charge is 2.48. The molecule has 0 heterocycles. The molecule has 0 aliphatic heterocycles. The van der Waals surface area contributed by atoms with Gasteiger partial charge in [-0.05, 0) is 41.9 Å². The Morgan fingerprint density at radius 3 is 1.72 bits per heavy atom. The van der Waals surface area contributed by atoms with Crippen molar-refractivity contribution in [2.45, 2.75) is 92.9 Å². The molecule has 1 rings (SSSR count). The summed E-state index contributed by atoms with van der Waals surface area (Å²) < 4.78 is 45.9. The van der Waals surface area contributed by atoms with E-state index in [-0.39, 0.29) is 45.0 Å². The van der Waals surface area contributed by atoms with Crippen molar-refractivity contribution >= 4 is 10.1 Å². The van der Waals surface area contributed by atoms with Crippen LogP contribution in [0.2, 0.25) is 0 Å². The normalized spacial score (nSPS) is 14.6. The SMILES string of the molecule is COc1c(C)c(O)c(C(C(C)(C)CC(C)C)C(C)(C)CC(C)(C)C)c(OC)c1S(=O)(=O)O. The standard InChI is InChI=1S/C25H44O6S/c1-15(2)13-24(7,8)22(25(9,10)14-23(4,5)6)17-18(26)16(3)19(30-11)21(20(17)31-12)32(27,28)29/h15,22,26H,13-14H2,1-12H3,(H,27,28,29). The summed E-state index contributed by atoms with van der Waals surface area (Å²) in [5, 5.41) is 11.4. The van der Waals surface area contributed by atoms with E-state index in [1.54, 1.807) is 6.92 Å². The first-order valence-electron chi connectivity index (χ1n) is 11.2. The van der Waals surface area contributed by atoms with Gasteiger partial charge in [0.1, 0.15) is 11.5 Å². The highest BCUT2D eigenvalue weighted by Crippen LogP contribution is 2.60. The van der Waals surface area contributed by atoms with Crippen LogP contribution in [0.3, 0.4) is 0 Å². The van der Waals surface area contributed by atoms with Crippen molar-refractivity contribution < 1.29 is 27.6 Å². The van der Waals surface area contributed by atoms with Gasteiger partial charge in [-0.3, -0.25) is 4.55 Å². The second kappa shape index (κ2) is 9.41. The smallest absolute Gasteiger partial charge is 0.301 e. The molecule has 0 radical (unpaired) electrons. The van der Waals surface area contributed by atoms with Crippen molar-refractivity contribution in [1.82, 2.24) is 0 Å². The number of methoxy groups -OCH3 is 2. The van der Waals surface area contributed by atoms with E-state index in [2.05, 4.69) is 62.3 Å².